The van der Waals surface area contributed by atoms with Gasteiger partial charge in [0.15, 0.2) is 0 Å². The van der Waals surface area contributed by atoms with E-state index in [-0.39, 0.29) is 5.91 Å². The summed E-state index contributed by atoms with van der Waals surface area (Å²) in [6, 6.07) is 11.8. The van der Waals surface area contributed by atoms with Gasteiger partial charge in [0.05, 0.1) is 0 Å². The lowest BCUT2D eigenvalue weighted by Gasteiger charge is -2.17. The number of aryl methyl sites for hydroxylation is 2. The number of carbonyl (C=O) groups is 1. The summed E-state index contributed by atoms with van der Waals surface area (Å²) in [6.07, 6.45) is 2.55. The second kappa shape index (κ2) is 6.33. The van der Waals surface area contributed by atoms with E-state index in [1.54, 1.807) is 11.1 Å². The average molecular weight is 268 g/mol. The molecule has 104 valence electrons. The van der Waals surface area contributed by atoms with Crippen LogP contribution in [0.15, 0.2) is 42.6 Å². The number of carbonyl (C=O) groups excluding carboxylic acids is 1. The number of amides is 1. The number of nitrogens with zero attached hydrogens (tertiary/aromatic N) is 2. The molecular weight excluding hydrogens is 248 g/mol. The maximum absolute atomic E-state index is 12.4. The van der Waals surface area contributed by atoms with Gasteiger partial charge in [0.1, 0.15) is 0 Å². The molecule has 0 N–H and O–H groups in total. The highest BCUT2D eigenvalue weighted by Gasteiger charge is 2.12. The van der Waals surface area contributed by atoms with Crippen molar-refractivity contribution >= 4 is 5.91 Å². The standard InChI is InChI=1S/C17H20N2O/c1-13-10-14(2)12-15(11-13)17(20)19(3)9-7-16-6-4-5-8-18-16/h4-6,8,10-12H,7,9H2,1-3H3. The monoisotopic (exact) mass is 268 g/mol. The maximum Gasteiger partial charge on any atom is 0.253 e. The van der Waals surface area contributed by atoms with Gasteiger partial charge in [-0.25, -0.2) is 0 Å². The molecule has 0 radical (unpaired) electrons. The third-order valence-corrected chi connectivity index (χ3v) is 3.24. The fourth-order valence-corrected chi connectivity index (χ4v) is 2.25. The SMILES string of the molecule is Cc1cc(C)cc(C(=O)N(C)CCc2ccccn2)c1. The smallest absolute Gasteiger partial charge is 0.253 e. The number of aromatic nitrogens is 1. The van der Waals surface area contributed by atoms with Gasteiger partial charge in [-0.1, -0.05) is 23.3 Å². The van der Waals surface area contributed by atoms with Crippen molar-refractivity contribution in [3.05, 3.63) is 65.0 Å². The van der Waals surface area contributed by atoms with Crippen LogP contribution in [0.4, 0.5) is 0 Å². The highest BCUT2D eigenvalue weighted by atomic mass is 16.2. The molecule has 0 saturated carbocycles. The molecule has 0 aliphatic rings. The summed E-state index contributed by atoms with van der Waals surface area (Å²) >= 11 is 0. The Morgan fingerprint density at radius 2 is 1.85 bits per heavy atom. The first-order valence-electron chi connectivity index (χ1n) is 6.80. The predicted molar refractivity (Wildman–Crippen MR) is 80.8 cm³/mol. The third-order valence-electron chi connectivity index (χ3n) is 3.24. The zero-order valence-electron chi connectivity index (χ0n) is 12.3. The summed E-state index contributed by atoms with van der Waals surface area (Å²) < 4.78 is 0. The fourth-order valence-electron chi connectivity index (χ4n) is 2.25. The van der Waals surface area contributed by atoms with Gasteiger partial charge in [-0.2, -0.15) is 0 Å². The van der Waals surface area contributed by atoms with Crippen molar-refractivity contribution in [2.75, 3.05) is 13.6 Å². The molecule has 3 nitrogen and oxygen atoms in total. The van der Waals surface area contributed by atoms with E-state index in [1.165, 1.54) is 0 Å². The first-order valence-corrected chi connectivity index (χ1v) is 6.80. The summed E-state index contributed by atoms with van der Waals surface area (Å²) in [5.41, 5.74) is 4.00. The van der Waals surface area contributed by atoms with Crippen molar-refractivity contribution in [3.8, 4) is 0 Å². The van der Waals surface area contributed by atoms with Crippen molar-refractivity contribution in [1.82, 2.24) is 9.88 Å². The van der Waals surface area contributed by atoms with Gasteiger partial charge in [-0.15, -0.1) is 0 Å². The van der Waals surface area contributed by atoms with Crippen molar-refractivity contribution in [2.24, 2.45) is 0 Å². The second-order valence-electron chi connectivity index (χ2n) is 5.17. The van der Waals surface area contributed by atoms with Crippen molar-refractivity contribution in [2.45, 2.75) is 20.3 Å². The minimum absolute atomic E-state index is 0.0627. The van der Waals surface area contributed by atoms with E-state index < -0.39 is 0 Å². The lowest BCUT2D eigenvalue weighted by molar-refractivity contribution is 0.0796. The largest absolute Gasteiger partial charge is 0.341 e. The molecule has 3 heteroatoms. The Hall–Kier alpha value is -2.16. The molecule has 1 aromatic carbocycles. The summed E-state index contributed by atoms with van der Waals surface area (Å²) in [5.74, 6) is 0.0627. The molecule has 0 spiro atoms. The van der Waals surface area contributed by atoms with Crippen molar-refractivity contribution in [3.63, 3.8) is 0 Å². The third kappa shape index (κ3) is 3.67. The number of hydrogen-bond donors (Lipinski definition) is 0. The van der Waals surface area contributed by atoms with E-state index in [1.807, 2.05) is 51.2 Å². The first-order chi connectivity index (χ1) is 9.56. The average Bonchev–Trinajstić information content (AvgIpc) is 2.44. The van der Waals surface area contributed by atoms with E-state index in [4.69, 9.17) is 0 Å². The van der Waals surface area contributed by atoms with E-state index >= 15 is 0 Å². The van der Waals surface area contributed by atoms with Crippen LogP contribution in [0.5, 0.6) is 0 Å². The van der Waals surface area contributed by atoms with E-state index in [9.17, 15) is 4.79 Å². The Labute approximate surface area is 120 Å². The van der Waals surface area contributed by atoms with Crippen LogP contribution in [0.1, 0.15) is 27.2 Å². The van der Waals surface area contributed by atoms with E-state index in [2.05, 4.69) is 11.1 Å². The van der Waals surface area contributed by atoms with Crippen LogP contribution in [-0.4, -0.2) is 29.4 Å². The summed E-state index contributed by atoms with van der Waals surface area (Å²) in [5, 5.41) is 0. The molecule has 0 aliphatic heterocycles. The molecule has 1 heterocycles. The number of pyridine rings is 1. The molecule has 2 rings (SSSR count). The molecule has 0 atom stereocenters. The molecular formula is C17H20N2O. The van der Waals surface area contributed by atoms with Crippen LogP contribution in [0.25, 0.3) is 0 Å². The maximum atomic E-state index is 12.4. The molecule has 0 fully saturated rings. The van der Waals surface area contributed by atoms with Gasteiger partial charge in [-0.05, 0) is 38.1 Å². The molecule has 0 saturated heterocycles. The van der Waals surface area contributed by atoms with Crippen LogP contribution in [-0.2, 0) is 6.42 Å². The summed E-state index contributed by atoms with van der Waals surface area (Å²) in [6.45, 7) is 4.69. The predicted octanol–water partition coefficient (Wildman–Crippen LogP) is 3.01. The highest BCUT2D eigenvalue weighted by molar-refractivity contribution is 5.94. The minimum Gasteiger partial charge on any atom is -0.341 e. The number of rotatable bonds is 4. The normalized spacial score (nSPS) is 10.3. The molecule has 0 bridgehead atoms. The minimum atomic E-state index is 0.0627. The quantitative estimate of drug-likeness (QED) is 0.854. The zero-order valence-corrected chi connectivity index (χ0v) is 12.3. The highest BCUT2D eigenvalue weighted by Crippen LogP contribution is 2.11. The fraction of sp³-hybridized carbons (Fsp3) is 0.294. The van der Waals surface area contributed by atoms with Crippen LogP contribution in [0.2, 0.25) is 0 Å². The lowest BCUT2D eigenvalue weighted by atomic mass is 10.1. The number of likely N-dealkylation sites (N-methyl/N-ethyl adjacent to an activating group) is 1. The zero-order chi connectivity index (χ0) is 14.5. The van der Waals surface area contributed by atoms with Gasteiger partial charge < -0.3 is 4.90 Å². The van der Waals surface area contributed by atoms with Crippen LogP contribution < -0.4 is 0 Å². The Morgan fingerprint density at radius 1 is 1.15 bits per heavy atom. The number of benzene rings is 1. The van der Waals surface area contributed by atoms with Gasteiger partial charge >= 0.3 is 0 Å². The Balaban J connectivity index is 2.01. The van der Waals surface area contributed by atoms with Crippen molar-refractivity contribution < 1.29 is 4.79 Å². The van der Waals surface area contributed by atoms with Gasteiger partial charge in [-0.3, -0.25) is 9.78 Å². The molecule has 0 unspecified atom stereocenters. The summed E-state index contributed by atoms with van der Waals surface area (Å²) in [4.78, 5) is 18.4. The topological polar surface area (TPSA) is 33.2 Å². The van der Waals surface area contributed by atoms with Crippen LogP contribution in [0.3, 0.4) is 0 Å². The van der Waals surface area contributed by atoms with Crippen LogP contribution >= 0.6 is 0 Å². The Kier molecular flexibility index (Phi) is 4.51. The van der Waals surface area contributed by atoms with Crippen LogP contribution in [0, 0.1) is 13.8 Å². The van der Waals surface area contributed by atoms with Crippen molar-refractivity contribution in [1.29, 1.82) is 0 Å². The second-order valence-corrected chi connectivity index (χ2v) is 5.17. The molecule has 20 heavy (non-hydrogen) atoms. The molecule has 0 aliphatic carbocycles. The van der Waals surface area contributed by atoms with E-state index in [0.717, 1.165) is 28.8 Å². The van der Waals surface area contributed by atoms with Gasteiger partial charge in [0.2, 0.25) is 0 Å². The Morgan fingerprint density at radius 3 is 2.45 bits per heavy atom. The molecule has 1 aromatic heterocycles. The van der Waals surface area contributed by atoms with Gasteiger partial charge in [0.25, 0.3) is 5.91 Å². The molecule has 2 aromatic rings. The summed E-state index contributed by atoms with van der Waals surface area (Å²) in [7, 11) is 1.84. The van der Waals surface area contributed by atoms with Gasteiger partial charge in [0, 0.05) is 37.5 Å². The Bertz CT molecular complexity index is 573. The lowest BCUT2D eigenvalue weighted by Crippen LogP contribution is -2.29. The number of hydrogen-bond acceptors (Lipinski definition) is 2. The van der Waals surface area contributed by atoms with E-state index in [0.29, 0.717) is 6.54 Å². The molecule has 1 amide bonds. The first kappa shape index (κ1) is 14.3.